The molecule has 6 rings (SSSR count). The number of rotatable bonds is 8. The number of fused-ring (bicyclic) bond motifs is 3. The first-order valence-electron chi connectivity index (χ1n) is 15.2. The standard InChI is InChI=1S/C33H37ClN4O5S/c1-5-25-19-38(44(40,41)31-16-24(34)10-13-30(31)43-25)18-23-15-22(14-21-8-7-9-27(21)23)28(17-32(39)42-6-2)26-11-12-29-33(20(26)3)35-36-37(29)4/h10-16,25,28H,5-9,17-19H2,1-4H3/t25-,28?/m1/s1. The average Bonchev–Trinajstić information content (AvgIpc) is 3.61. The largest absolute Gasteiger partial charge is 0.488 e. The molecule has 2 atom stereocenters. The summed E-state index contributed by atoms with van der Waals surface area (Å²) in [5.41, 5.74) is 7.92. The van der Waals surface area contributed by atoms with Gasteiger partial charge in [0, 0.05) is 24.5 Å². The first-order valence-corrected chi connectivity index (χ1v) is 17.0. The molecular weight excluding hydrogens is 600 g/mol. The summed E-state index contributed by atoms with van der Waals surface area (Å²) in [5.74, 6) is -0.270. The summed E-state index contributed by atoms with van der Waals surface area (Å²) in [7, 11) is -2.05. The zero-order chi connectivity index (χ0) is 31.2. The molecule has 2 heterocycles. The fraction of sp³-hybridized carbons (Fsp3) is 0.424. The number of esters is 1. The van der Waals surface area contributed by atoms with Crippen LogP contribution >= 0.6 is 11.6 Å². The molecule has 2 aliphatic rings. The molecule has 0 fully saturated rings. The second kappa shape index (κ2) is 12.1. The number of benzene rings is 3. The Labute approximate surface area is 263 Å². The molecule has 0 radical (unpaired) electrons. The van der Waals surface area contributed by atoms with E-state index in [0.29, 0.717) is 23.8 Å². The molecule has 0 N–H and O–H groups in total. The third kappa shape index (κ3) is 5.59. The van der Waals surface area contributed by atoms with Gasteiger partial charge in [-0.25, -0.2) is 13.1 Å². The number of sulfonamides is 1. The SMILES string of the molecule is CCOC(=O)CC(c1cc2c(c(CN3C[C@@H](CC)Oc4ccc(Cl)cc4S3(=O)=O)c1)CCC2)c1ccc2c(nnn2C)c1C. The van der Waals surface area contributed by atoms with E-state index >= 15 is 0 Å². The van der Waals surface area contributed by atoms with E-state index in [-0.39, 0.29) is 42.4 Å². The van der Waals surface area contributed by atoms with Crippen LogP contribution in [0.3, 0.4) is 0 Å². The number of nitrogens with zero attached hydrogens (tertiary/aromatic N) is 4. The normalized spacial score (nSPS) is 18.3. The molecule has 1 aromatic heterocycles. The van der Waals surface area contributed by atoms with Gasteiger partial charge in [-0.2, -0.15) is 4.31 Å². The van der Waals surface area contributed by atoms with Crippen molar-refractivity contribution in [3.05, 3.63) is 80.9 Å². The number of aryl methyl sites for hydroxylation is 3. The van der Waals surface area contributed by atoms with Gasteiger partial charge in [-0.3, -0.25) is 4.79 Å². The quantitative estimate of drug-likeness (QED) is 0.223. The Morgan fingerprint density at radius 2 is 1.98 bits per heavy atom. The summed E-state index contributed by atoms with van der Waals surface area (Å²) in [6.07, 6.45) is 3.26. The zero-order valence-corrected chi connectivity index (χ0v) is 27.0. The number of carbonyl (C=O) groups is 1. The maximum absolute atomic E-state index is 14.1. The van der Waals surface area contributed by atoms with Gasteiger partial charge in [-0.15, -0.1) is 5.10 Å². The smallest absolute Gasteiger partial charge is 0.306 e. The molecular formula is C33H37ClN4O5S. The van der Waals surface area contributed by atoms with E-state index in [1.807, 2.05) is 33.0 Å². The van der Waals surface area contributed by atoms with Crippen LogP contribution in [0.5, 0.6) is 5.75 Å². The highest BCUT2D eigenvalue weighted by molar-refractivity contribution is 7.89. The van der Waals surface area contributed by atoms with E-state index in [9.17, 15) is 13.2 Å². The van der Waals surface area contributed by atoms with Crippen LogP contribution in [0.15, 0.2) is 47.4 Å². The molecule has 1 aliphatic carbocycles. The number of carbonyl (C=O) groups excluding carboxylic acids is 1. The summed E-state index contributed by atoms with van der Waals surface area (Å²) in [6, 6.07) is 13.1. The van der Waals surface area contributed by atoms with Gasteiger partial charge in [-0.05, 0) is 97.2 Å². The Hall–Kier alpha value is -3.47. The maximum Gasteiger partial charge on any atom is 0.306 e. The Morgan fingerprint density at radius 1 is 1.16 bits per heavy atom. The highest BCUT2D eigenvalue weighted by Crippen LogP contribution is 2.39. The molecule has 0 spiro atoms. The molecule has 11 heteroatoms. The lowest BCUT2D eigenvalue weighted by Crippen LogP contribution is -2.36. The van der Waals surface area contributed by atoms with Gasteiger partial charge in [0.2, 0.25) is 10.0 Å². The average molecular weight is 637 g/mol. The number of halogens is 1. The molecule has 4 aromatic rings. The Morgan fingerprint density at radius 3 is 2.75 bits per heavy atom. The maximum atomic E-state index is 14.1. The highest BCUT2D eigenvalue weighted by Gasteiger charge is 2.36. The monoisotopic (exact) mass is 636 g/mol. The van der Waals surface area contributed by atoms with E-state index in [2.05, 4.69) is 22.4 Å². The molecule has 9 nitrogen and oxygen atoms in total. The lowest BCUT2D eigenvalue weighted by atomic mass is 9.83. The summed E-state index contributed by atoms with van der Waals surface area (Å²) < 4.78 is 43.0. The van der Waals surface area contributed by atoms with Crippen molar-refractivity contribution in [2.24, 2.45) is 7.05 Å². The van der Waals surface area contributed by atoms with E-state index in [4.69, 9.17) is 21.1 Å². The molecule has 0 saturated heterocycles. The van der Waals surface area contributed by atoms with Crippen molar-refractivity contribution in [1.29, 1.82) is 0 Å². The summed E-state index contributed by atoms with van der Waals surface area (Å²) in [6.45, 7) is 6.51. The van der Waals surface area contributed by atoms with Crippen LogP contribution in [-0.4, -0.2) is 52.9 Å². The highest BCUT2D eigenvalue weighted by atomic mass is 35.5. The van der Waals surface area contributed by atoms with Crippen molar-refractivity contribution >= 4 is 38.6 Å². The van der Waals surface area contributed by atoms with Gasteiger partial charge in [0.15, 0.2) is 0 Å². The molecule has 3 aromatic carbocycles. The van der Waals surface area contributed by atoms with Gasteiger partial charge in [0.25, 0.3) is 0 Å². The number of hydrogen-bond acceptors (Lipinski definition) is 7. The van der Waals surface area contributed by atoms with Gasteiger partial charge in [0.1, 0.15) is 22.3 Å². The number of aromatic nitrogens is 3. The van der Waals surface area contributed by atoms with Gasteiger partial charge >= 0.3 is 5.97 Å². The van der Waals surface area contributed by atoms with Crippen molar-refractivity contribution in [3.63, 3.8) is 0 Å². The van der Waals surface area contributed by atoms with Gasteiger partial charge in [-0.1, -0.05) is 41.9 Å². The van der Waals surface area contributed by atoms with Crippen molar-refractivity contribution in [1.82, 2.24) is 19.3 Å². The number of ether oxygens (including phenoxy) is 2. The fourth-order valence-electron chi connectivity index (χ4n) is 6.60. The summed E-state index contributed by atoms with van der Waals surface area (Å²) >= 11 is 6.25. The van der Waals surface area contributed by atoms with Crippen molar-refractivity contribution in [2.75, 3.05) is 13.2 Å². The summed E-state index contributed by atoms with van der Waals surface area (Å²) in [5, 5.41) is 8.92. The molecule has 232 valence electrons. The third-order valence-corrected chi connectivity index (χ3v) is 11.0. The van der Waals surface area contributed by atoms with Crippen molar-refractivity contribution in [2.45, 2.75) is 76.3 Å². The molecule has 0 bridgehead atoms. The lowest BCUT2D eigenvalue weighted by Gasteiger charge is -2.26. The minimum atomic E-state index is -3.91. The van der Waals surface area contributed by atoms with Crippen LogP contribution in [0.4, 0.5) is 0 Å². The minimum Gasteiger partial charge on any atom is -0.488 e. The molecule has 0 amide bonds. The van der Waals surface area contributed by atoms with Gasteiger partial charge in [0.05, 0.1) is 25.1 Å². The van der Waals surface area contributed by atoms with E-state index in [1.54, 1.807) is 23.7 Å². The second-order valence-electron chi connectivity index (χ2n) is 11.6. The Bertz CT molecular complexity index is 1850. The van der Waals surface area contributed by atoms with Crippen LogP contribution in [0.25, 0.3) is 11.0 Å². The molecule has 0 saturated carbocycles. The molecule has 1 unspecified atom stereocenters. The van der Waals surface area contributed by atoms with Crippen LogP contribution in [0.1, 0.15) is 72.4 Å². The van der Waals surface area contributed by atoms with Crippen molar-refractivity contribution < 1.29 is 22.7 Å². The number of hydrogen-bond donors (Lipinski definition) is 0. The van der Waals surface area contributed by atoms with E-state index in [0.717, 1.165) is 52.5 Å². The van der Waals surface area contributed by atoms with Crippen LogP contribution in [0, 0.1) is 6.92 Å². The first kappa shape index (κ1) is 30.6. The van der Waals surface area contributed by atoms with Crippen LogP contribution in [0.2, 0.25) is 5.02 Å². The lowest BCUT2D eigenvalue weighted by molar-refractivity contribution is -0.143. The topological polar surface area (TPSA) is 104 Å². The van der Waals surface area contributed by atoms with E-state index in [1.165, 1.54) is 21.5 Å². The van der Waals surface area contributed by atoms with Crippen molar-refractivity contribution in [3.8, 4) is 5.75 Å². The Balaban J connectivity index is 1.46. The molecule has 1 aliphatic heterocycles. The minimum absolute atomic E-state index is 0.0850. The Kier molecular flexibility index (Phi) is 8.43. The molecule has 44 heavy (non-hydrogen) atoms. The van der Waals surface area contributed by atoms with E-state index < -0.39 is 10.0 Å². The predicted molar refractivity (Wildman–Crippen MR) is 169 cm³/mol. The second-order valence-corrected chi connectivity index (χ2v) is 14.0. The van der Waals surface area contributed by atoms with Crippen LogP contribution in [-0.2, 0) is 46.0 Å². The third-order valence-electron chi connectivity index (χ3n) is 8.89. The van der Waals surface area contributed by atoms with Crippen LogP contribution < -0.4 is 4.74 Å². The fourth-order valence-corrected chi connectivity index (χ4v) is 8.43. The van der Waals surface area contributed by atoms with Gasteiger partial charge < -0.3 is 9.47 Å². The predicted octanol–water partition coefficient (Wildman–Crippen LogP) is 5.87. The summed E-state index contributed by atoms with van der Waals surface area (Å²) in [4.78, 5) is 13.1. The first-order chi connectivity index (χ1) is 21.1. The zero-order valence-electron chi connectivity index (χ0n) is 25.5.